The maximum Gasteiger partial charge on any atom is 0.0672 e. The lowest BCUT2D eigenvalue weighted by molar-refractivity contribution is 0.0149. The van der Waals surface area contributed by atoms with Gasteiger partial charge in [0.25, 0.3) is 0 Å². The molecule has 1 aliphatic heterocycles. The third kappa shape index (κ3) is 2.38. The van der Waals surface area contributed by atoms with Crippen molar-refractivity contribution in [3.05, 3.63) is 34.9 Å². The van der Waals surface area contributed by atoms with E-state index in [0.29, 0.717) is 12.1 Å². The summed E-state index contributed by atoms with van der Waals surface area (Å²) < 4.78 is 5.73. The van der Waals surface area contributed by atoms with E-state index in [-0.39, 0.29) is 0 Å². The van der Waals surface area contributed by atoms with E-state index in [1.165, 1.54) is 31.2 Å². The highest BCUT2D eigenvalue weighted by atomic mass is 16.5. The van der Waals surface area contributed by atoms with Crippen LogP contribution in [0, 0.1) is 0 Å². The third-order valence-corrected chi connectivity index (χ3v) is 3.97. The van der Waals surface area contributed by atoms with Gasteiger partial charge in [0.15, 0.2) is 0 Å². The number of hydrogen-bond acceptors (Lipinski definition) is 2. The molecule has 0 bridgehead atoms. The fourth-order valence-electron chi connectivity index (χ4n) is 2.87. The second kappa shape index (κ2) is 4.79. The lowest BCUT2D eigenvalue weighted by Gasteiger charge is -2.29. The van der Waals surface area contributed by atoms with E-state index in [0.717, 1.165) is 13.2 Å². The Hall–Kier alpha value is -0.860. The molecule has 17 heavy (non-hydrogen) atoms. The van der Waals surface area contributed by atoms with E-state index < -0.39 is 0 Å². The van der Waals surface area contributed by atoms with Crippen LogP contribution in [0.1, 0.15) is 42.5 Å². The van der Waals surface area contributed by atoms with Crippen molar-refractivity contribution < 1.29 is 4.74 Å². The summed E-state index contributed by atoms with van der Waals surface area (Å²) in [6.45, 7) is 3.89. The predicted molar refractivity (Wildman–Crippen MR) is 69.2 cm³/mol. The van der Waals surface area contributed by atoms with Crippen LogP contribution < -0.4 is 5.32 Å². The van der Waals surface area contributed by atoms with Gasteiger partial charge < -0.3 is 10.1 Å². The topological polar surface area (TPSA) is 21.3 Å². The standard InChI is InChI=1S/C15H21NO/c1-11-9-16-15(10-17-11)14-7-6-12-4-2-3-5-13(12)8-14/h6-8,11,15-16H,2-5,9-10H2,1H3. The van der Waals surface area contributed by atoms with Crippen LogP contribution in [0.4, 0.5) is 0 Å². The van der Waals surface area contributed by atoms with Crippen molar-refractivity contribution in [2.24, 2.45) is 0 Å². The first-order valence-corrected chi connectivity index (χ1v) is 6.79. The molecule has 1 aliphatic carbocycles. The summed E-state index contributed by atoms with van der Waals surface area (Å²) in [6.07, 6.45) is 5.58. The number of aryl methyl sites for hydroxylation is 2. The highest BCUT2D eigenvalue weighted by molar-refractivity contribution is 5.35. The molecule has 0 aromatic heterocycles. The van der Waals surface area contributed by atoms with Crippen LogP contribution in [0.15, 0.2) is 18.2 Å². The minimum absolute atomic E-state index is 0.351. The average Bonchev–Trinajstić information content (AvgIpc) is 2.39. The van der Waals surface area contributed by atoms with Crippen molar-refractivity contribution in [1.29, 1.82) is 0 Å². The van der Waals surface area contributed by atoms with Gasteiger partial charge in [-0.2, -0.15) is 0 Å². The summed E-state index contributed by atoms with van der Waals surface area (Å²) in [4.78, 5) is 0. The number of morpholine rings is 1. The van der Waals surface area contributed by atoms with Gasteiger partial charge in [-0.1, -0.05) is 18.2 Å². The number of hydrogen-bond donors (Lipinski definition) is 1. The lowest BCUT2D eigenvalue weighted by Crippen LogP contribution is -2.39. The number of benzene rings is 1. The van der Waals surface area contributed by atoms with Gasteiger partial charge in [0, 0.05) is 6.54 Å². The molecule has 92 valence electrons. The summed E-state index contributed by atoms with van der Waals surface area (Å²) in [6, 6.07) is 7.38. The highest BCUT2D eigenvalue weighted by Crippen LogP contribution is 2.26. The summed E-state index contributed by atoms with van der Waals surface area (Å²) >= 11 is 0. The Morgan fingerprint density at radius 3 is 2.76 bits per heavy atom. The highest BCUT2D eigenvalue weighted by Gasteiger charge is 2.20. The maximum absolute atomic E-state index is 5.73. The Labute approximate surface area is 103 Å². The first-order valence-electron chi connectivity index (χ1n) is 6.79. The first-order chi connectivity index (χ1) is 8.33. The van der Waals surface area contributed by atoms with Gasteiger partial charge >= 0.3 is 0 Å². The Balaban J connectivity index is 1.79. The molecule has 2 heteroatoms. The maximum atomic E-state index is 5.73. The molecule has 1 fully saturated rings. The largest absolute Gasteiger partial charge is 0.375 e. The van der Waals surface area contributed by atoms with Crippen LogP contribution in [0.5, 0.6) is 0 Å². The number of rotatable bonds is 1. The van der Waals surface area contributed by atoms with E-state index in [9.17, 15) is 0 Å². The molecule has 1 heterocycles. The summed E-state index contributed by atoms with van der Waals surface area (Å²) in [5.74, 6) is 0. The second-order valence-corrected chi connectivity index (χ2v) is 5.34. The van der Waals surface area contributed by atoms with Crippen LogP contribution in [-0.4, -0.2) is 19.3 Å². The van der Waals surface area contributed by atoms with Crippen LogP contribution in [0.3, 0.4) is 0 Å². The molecule has 2 atom stereocenters. The smallest absolute Gasteiger partial charge is 0.0672 e. The Kier molecular flexibility index (Phi) is 3.17. The second-order valence-electron chi connectivity index (χ2n) is 5.34. The molecule has 0 amide bonds. The average molecular weight is 231 g/mol. The molecular formula is C15H21NO. The monoisotopic (exact) mass is 231 g/mol. The van der Waals surface area contributed by atoms with E-state index in [1.807, 2.05) is 0 Å². The molecule has 0 radical (unpaired) electrons. The Bertz CT molecular complexity index is 394. The first kappa shape index (κ1) is 11.2. The summed E-state index contributed by atoms with van der Waals surface area (Å²) in [7, 11) is 0. The molecule has 2 nitrogen and oxygen atoms in total. The van der Waals surface area contributed by atoms with Crippen molar-refractivity contribution in [2.75, 3.05) is 13.2 Å². The minimum Gasteiger partial charge on any atom is -0.375 e. The fraction of sp³-hybridized carbons (Fsp3) is 0.600. The van der Waals surface area contributed by atoms with E-state index >= 15 is 0 Å². The molecule has 2 unspecified atom stereocenters. The van der Waals surface area contributed by atoms with Gasteiger partial charge in [-0.3, -0.25) is 0 Å². The summed E-state index contributed by atoms with van der Waals surface area (Å²) in [5.41, 5.74) is 4.52. The zero-order valence-corrected chi connectivity index (χ0v) is 10.5. The Morgan fingerprint density at radius 1 is 1.18 bits per heavy atom. The van der Waals surface area contributed by atoms with Gasteiger partial charge in [-0.25, -0.2) is 0 Å². The van der Waals surface area contributed by atoms with Crippen molar-refractivity contribution in [1.82, 2.24) is 5.32 Å². The lowest BCUT2D eigenvalue weighted by atomic mass is 9.89. The van der Waals surface area contributed by atoms with Crippen molar-refractivity contribution in [3.63, 3.8) is 0 Å². The van der Waals surface area contributed by atoms with E-state index in [1.54, 1.807) is 11.1 Å². The molecule has 1 aromatic rings. The van der Waals surface area contributed by atoms with Gasteiger partial charge in [0.1, 0.15) is 0 Å². The van der Waals surface area contributed by atoms with Gasteiger partial charge in [-0.05, 0) is 49.3 Å². The quantitative estimate of drug-likeness (QED) is 0.802. The van der Waals surface area contributed by atoms with Gasteiger partial charge in [0.2, 0.25) is 0 Å². The van der Waals surface area contributed by atoms with Gasteiger partial charge in [0.05, 0.1) is 18.8 Å². The van der Waals surface area contributed by atoms with Crippen LogP contribution in [0.25, 0.3) is 0 Å². The zero-order chi connectivity index (χ0) is 11.7. The summed E-state index contributed by atoms with van der Waals surface area (Å²) in [5, 5.41) is 3.57. The van der Waals surface area contributed by atoms with Crippen molar-refractivity contribution in [2.45, 2.75) is 44.8 Å². The molecular weight excluding hydrogens is 210 g/mol. The molecule has 1 N–H and O–H groups in total. The number of nitrogens with one attached hydrogen (secondary N) is 1. The molecule has 1 aromatic carbocycles. The van der Waals surface area contributed by atoms with Crippen LogP contribution in [-0.2, 0) is 17.6 Å². The fourth-order valence-corrected chi connectivity index (χ4v) is 2.87. The molecule has 0 saturated carbocycles. The van der Waals surface area contributed by atoms with Gasteiger partial charge in [-0.15, -0.1) is 0 Å². The van der Waals surface area contributed by atoms with Crippen molar-refractivity contribution >= 4 is 0 Å². The Morgan fingerprint density at radius 2 is 2.00 bits per heavy atom. The molecule has 0 spiro atoms. The minimum atomic E-state index is 0.351. The number of ether oxygens (including phenoxy) is 1. The predicted octanol–water partition coefficient (Wildman–Crippen LogP) is 2.61. The molecule has 1 saturated heterocycles. The van der Waals surface area contributed by atoms with E-state index in [2.05, 4.69) is 30.4 Å². The normalized spacial score (nSPS) is 28.8. The van der Waals surface area contributed by atoms with Crippen LogP contribution in [0.2, 0.25) is 0 Å². The SMILES string of the molecule is CC1CNC(c2ccc3c(c2)CCCC3)CO1. The zero-order valence-electron chi connectivity index (χ0n) is 10.5. The molecule has 2 aliphatic rings. The third-order valence-electron chi connectivity index (χ3n) is 3.97. The van der Waals surface area contributed by atoms with E-state index in [4.69, 9.17) is 4.74 Å². The molecule has 3 rings (SSSR count). The van der Waals surface area contributed by atoms with Crippen molar-refractivity contribution in [3.8, 4) is 0 Å². The number of fused-ring (bicyclic) bond motifs is 1. The van der Waals surface area contributed by atoms with Crippen LogP contribution >= 0.6 is 0 Å².